The van der Waals surface area contributed by atoms with E-state index in [0.717, 1.165) is 11.0 Å². The molecule has 0 heterocycles. The van der Waals surface area contributed by atoms with E-state index in [0.29, 0.717) is 0 Å². The molecule has 0 aliphatic carbocycles. The molecule has 0 unspecified atom stereocenters. The van der Waals surface area contributed by atoms with E-state index in [4.69, 9.17) is 0 Å². The fourth-order valence-corrected chi connectivity index (χ4v) is 1.13. The van der Waals surface area contributed by atoms with Crippen LogP contribution in [0.4, 0.5) is 0 Å². The molecule has 0 spiro atoms. The predicted octanol–water partition coefficient (Wildman–Crippen LogP) is -0.301. The normalized spacial score (nSPS) is 9.36. The molecule has 0 N–H and O–H groups in total. The van der Waals surface area contributed by atoms with Crippen molar-refractivity contribution < 1.29 is 16.9 Å². The van der Waals surface area contributed by atoms with E-state index in [9.17, 15) is 0 Å². The molecule has 0 atom stereocenters. The third-order valence-corrected chi connectivity index (χ3v) is 1.50. The standard InChI is InChI=1S/C10H16N.C2H4.ClH/c1-11(2,3)9-10-7-5-4-6-8-10;1-2;/h4-8H,9H2,1-3H3;1-2H2;1H/q+1;;/p-1. The molecule has 1 aromatic rings. The lowest BCUT2D eigenvalue weighted by Gasteiger charge is -2.23. The number of rotatable bonds is 2. The minimum Gasteiger partial charge on any atom is -1.00 e. The highest BCUT2D eigenvalue weighted by Gasteiger charge is 2.06. The highest BCUT2D eigenvalue weighted by Crippen LogP contribution is 2.04. The van der Waals surface area contributed by atoms with Crippen molar-refractivity contribution in [1.82, 2.24) is 0 Å². The second-order valence-electron chi connectivity index (χ2n) is 3.93. The van der Waals surface area contributed by atoms with Gasteiger partial charge in [-0.3, -0.25) is 0 Å². The van der Waals surface area contributed by atoms with Crippen molar-refractivity contribution in [3.05, 3.63) is 49.1 Å². The summed E-state index contributed by atoms with van der Waals surface area (Å²) in [7, 11) is 6.60. The van der Waals surface area contributed by atoms with Gasteiger partial charge in [0.05, 0.1) is 21.1 Å². The molecule has 0 fully saturated rings. The Kier molecular flexibility index (Phi) is 8.51. The minimum absolute atomic E-state index is 0. The first-order chi connectivity index (χ1) is 6.08. The summed E-state index contributed by atoms with van der Waals surface area (Å²) in [5, 5.41) is 0. The molecule has 0 radical (unpaired) electrons. The van der Waals surface area contributed by atoms with Crippen LogP contribution in [0.5, 0.6) is 0 Å². The van der Waals surface area contributed by atoms with E-state index in [1.807, 2.05) is 0 Å². The zero-order valence-corrected chi connectivity index (χ0v) is 10.1. The molecule has 0 aromatic heterocycles. The predicted molar refractivity (Wildman–Crippen MR) is 59.4 cm³/mol. The summed E-state index contributed by atoms with van der Waals surface area (Å²) in [6.07, 6.45) is 0. The molecule has 80 valence electrons. The van der Waals surface area contributed by atoms with Gasteiger partial charge in [0.15, 0.2) is 0 Å². The molecule has 14 heavy (non-hydrogen) atoms. The van der Waals surface area contributed by atoms with Crippen molar-refractivity contribution >= 4 is 0 Å². The first-order valence-corrected chi connectivity index (χ1v) is 4.42. The van der Waals surface area contributed by atoms with E-state index in [2.05, 4.69) is 64.6 Å². The Balaban J connectivity index is 0. The average molecular weight is 214 g/mol. The van der Waals surface area contributed by atoms with E-state index < -0.39 is 0 Å². The second-order valence-corrected chi connectivity index (χ2v) is 3.93. The lowest BCUT2D eigenvalue weighted by atomic mass is 10.2. The fourth-order valence-electron chi connectivity index (χ4n) is 1.13. The number of quaternary nitrogens is 1. The van der Waals surface area contributed by atoms with Crippen LogP contribution in [0, 0.1) is 0 Å². The summed E-state index contributed by atoms with van der Waals surface area (Å²) in [4.78, 5) is 0. The zero-order valence-electron chi connectivity index (χ0n) is 9.33. The Morgan fingerprint density at radius 2 is 1.43 bits per heavy atom. The van der Waals surface area contributed by atoms with Crippen molar-refractivity contribution in [2.75, 3.05) is 21.1 Å². The number of halogens is 1. The van der Waals surface area contributed by atoms with Gasteiger partial charge in [-0.25, -0.2) is 0 Å². The van der Waals surface area contributed by atoms with Crippen LogP contribution in [0.25, 0.3) is 0 Å². The van der Waals surface area contributed by atoms with Gasteiger partial charge in [0.2, 0.25) is 0 Å². The molecule has 0 aliphatic rings. The summed E-state index contributed by atoms with van der Waals surface area (Å²) in [5.74, 6) is 0. The largest absolute Gasteiger partial charge is 1.00 e. The van der Waals surface area contributed by atoms with Crippen molar-refractivity contribution in [1.29, 1.82) is 0 Å². The SMILES string of the molecule is C=C.C[N+](C)(C)Cc1ccccc1.[Cl-]. The molecule has 2 heteroatoms. The quantitative estimate of drug-likeness (QED) is 0.468. The highest BCUT2D eigenvalue weighted by atomic mass is 35.5. The first-order valence-electron chi connectivity index (χ1n) is 4.42. The van der Waals surface area contributed by atoms with Crippen molar-refractivity contribution in [3.63, 3.8) is 0 Å². The lowest BCUT2D eigenvalue weighted by Crippen LogP contribution is -3.00. The molecule has 1 nitrogen and oxygen atoms in total. The van der Waals surface area contributed by atoms with Crippen molar-refractivity contribution in [3.8, 4) is 0 Å². The molecular formula is C12H20ClN. The molecule has 0 saturated carbocycles. The maximum Gasteiger partial charge on any atom is 0.104 e. The molecule has 1 aromatic carbocycles. The number of nitrogens with zero attached hydrogens (tertiary/aromatic N) is 1. The number of benzene rings is 1. The van der Waals surface area contributed by atoms with Gasteiger partial charge >= 0.3 is 0 Å². The summed E-state index contributed by atoms with van der Waals surface area (Å²) >= 11 is 0. The molecule has 0 amide bonds. The van der Waals surface area contributed by atoms with E-state index in [1.54, 1.807) is 0 Å². The summed E-state index contributed by atoms with van der Waals surface area (Å²) in [5.41, 5.74) is 1.40. The Hall–Kier alpha value is -0.790. The summed E-state index contributed by atoms with van der Waals surface area (Å²) < 4.78 is 0.990. The maximum atomic E-state index is 3.00. The second kappa shape index (κ2) is 7.60. The Labute approximate surface area is 94.1 Å². The number of hydrogen-bond acceptors (Lipinski definition) is 0. The molecular weight excluding hydrogens is 194 g/mol. The van der Waals surface area contributed by atoms with E-state index in [-0.39, 0.29) is 12.4 Å². The van der Waals surface area contributed by atoms with Crippen LogP contribution in [-0.2, 0) is 6.54 Å². The lowest BCUT2D eigenvalue weighted by molar-refractivity contribution is -0.884. The van der Waals surface area contributed by atoms with Gasteiger partial charge < -0.3 is 16.9 Å². The van der Waals surface area contributed by atoms with Gasteiger partial charge in [0.1, 0.15) is 6.54 Å². The van der Waals surface area contributed by atoms with Crippen LogP contribution < -0.4 is 12.4 Å². The first kappa shape index (κ1) is 15.7. The Morgan fingerprint density at radius 1 is 1.00 bits per heavy atom. The van der Waals surface area contributed by atoms with E-state index in [1.165, 1.54) is 5.56 Å². The van der Waals surface area contributed by atoms with Gasteiger partial charge in [-0.15, -0.1) is 13.2 Å². The van der Waals surface area contributed by atoms with E-state index >= 15 is 0 Å². The monoisotopic (exact) mass is 213 g/mol. The minimum atomic E-state index is 0. The highest BCUT2D eigenvalue weighted by molar-refractivity contribution is 5.13. The van der Waals surface area contributed by atoms with Gasteiger partial charge in [-0.05, 0) is 0 Å². The van der Waals surface area contributed by atoms with Gasteiger partial charge in [-0.2, -0.15) is 0 Å². The van der Waals surface area contributed by atoms with Gasteiger partial charge in [-0.1, -0.05) is 30.3 Å². The molecule has 0 saturated heterocycles. The molecule has 0 aliphatic heterocycles. The van der Waals surface area contributed by atoms with Crippen LogP contribution in [0.2, 0.25) is 0 Å². The summed E-state index contributed by atoms with van der Waals surface area (Å²) in [6.45, 7) is 7.10. The fraction of sp³-hybridized carbons (Fsp3) is 0.333. The van der Waals surface area contributed by atoms with Crippen LogP contribution in [0.15, 0.2) is 43.5 Å². The average Bonchev–Trinajstić information content (AvgIpc) is 2.07. The van der Waals surface area contributed by atoms with Gasteiger partial charge in [0, 0.05) is 5.56 Å². The Morgan fingerprint density at radius 3 is 1.79 bits per heavy atom. The van der Waals surface area contributed by atoms with Crippen LogP contribution in [0.1, 0.15) is 5.56 Å². The number of hydrogen-bond donors (Lipinski definition) is 0. The van der Waals surface area contributed by atoms with Crippen LogP contribution >= 0.6 is 0 Å². The van der Waals surface area contributed by atoms with Crippen molar-refractivity contribution in [2.24, 2.45) is 0 Å². The van der Waals surface area contributed by atoms with Crippen LogP contribution in [0.3, 0.4) is 0 Å². The Bertz CT molecular complexity index is 226. The smallest absolute Gasteiger partial charge is 0.104 e. The maximum absolute atomic E-state index is 3.00. The van der Waals surface area contributed by atoms with Gasteiger partial charge in [0.25, 0.3) is 0 Å². The van der Waals surface area contributed by atoms with Crippen LogP contribution in [-0.4, -0.2) is 25.6 Å². The summed E-state index contributed by atoms with van der Waals surface area (Å²) in [6, 6.07) is 10.6. The molecule has 1 rings (SSSR count). The zero-order chi connectivity index (χ0) is 10.3. The van der Waals surface area contributed by atoms with Crippen molar-refractivity contribution in [2.45, 2.75) is 6.54 Å². The molecule has 0 bridgehead atoms. The third-order valence-electron chi connectivity index (χ3n) is 1.50. The topological polar surface area (TPSA) is 0 Å². The third kappa shape index (κ3) is 7.84.